The first-order valence-electron chi connectivity index (χ1n) is 8.61. The highest BCUT2D eigenvalue weighted by atomic mass is 79.9. The Bertz CT molecular complexity index is 1180. The molecule has 144 valence electrons. The molecule has 0 saturated heterocycles. The van der Waals surface area contributed by atoms with Gasteiger partial charge in [-0.05, 0) is 49.2 Å². The third-order valence-corrected chi connectivity index (χ3v) is 5.30. The summed E-state index contributed by atoms with van der Waals surface area (Å²) in [7, 11) is 0. The number of imidazole rings is 1. The number of alkyl halides is 3. The van der Waals surface area contributed by atoms with Crippen LogP contribution in [-0.4, -0.2) is 14.4 Å². The van der Waals surface area contributed by atoms with E-state index in [1.807, 2.05) is 35.7 Å². The summed E-state index contributed by atoms with van der Waals surface area (Å²) >= 11 is 3.47. The SMILES string of the molecule is Cc1c(C(C)Nc2nc3nccn3c3ccc(Br)cc23)cccc1C(F)(F)F. The lowest BCUT2D eigenvalue weighted by Gasteiger charge is -2.21. The van der Waals surface area contributed by atoms with E-state index in [0.29, 0.717) is 17.2 Å². The monoisotopic (exact) mass is 448 g/mol. The second kappa shape index (κ2) is 6.77. The van der Waals surface area contributed by atoms with Gasteiger partial charge in [0.15, 0.2) is 0 Å². The van der Waals surface area contributed by atoms with Crippen molar-refractivity contribution in [3.8, 4) is 0 Å². The van der Waals surface area contributed by atoms with Crippen molar-refractivity contribution >= 4 is 38.4 Å². The topological polar surface area (TPSA) is 42.2 Å². The van der Waals surface area contributed by atoms with Gasteiger partial charge in [0.1, 0.15) is 5.82 Å². The number of fused-ring (bicyclic) bond motifs is 3. The molecule has 28 heavy (non-hydrogen) atoms. The molecule has 0 bridgehead atoms. The van der Waals surface area contributed by atoms with Gasteiger partial charge in [0.25, 0.3) is 0 Å². The predicted molar refractivity (Wildman–Crippen MR) is 106 cm³/mol. The Morgan fingerprint density at radius 2 is 1.96 bits per heavy atom. The minimum Gasteiger partial charge on any atom is -0.363 e. The molecule has 0 fully saturated rings. The number of benzene rings is 2. The highest BCUT2D eigenvalue weighted by Crippen LogP contribution is 2.36. The lowest BCUT2D eigenvalue weighted by atomic mass is 9.97. The maximum atomic E-state index is 13.3. The van der Waals surface area contributed by atoms with E-state index in [1.54, 1.807) is 12.3 Å². The number of anilines is 1. The molecule has 2 heterocycles. The molecular formula is C20H16BrF3N4. The van der Waals surface area contributed by atoms with Gasteiger partial charge in [-0.25, -0.2) is 4.98 Å². The molecule has 0 aliphatic rings. The smallest absolute Gasteiger partial charge is 0.363 e. The normalized spacial score (nSPS) is 13.2. The van der Waals surface area contributed by atoms with E-state index in [1.165, 1.54) is 13.0 Å². The van der Waals surface area contributed by atoms with Crippen LogP contribution in [0.3, 0.4) is 0 Å². The number of halogens is 4. The van der Waals surface area contributed by atoms with Crippen molar-refractivity contribution in [2.45, 2.75) is 26.1 Å². The molecule has 0 radical (unpaired) electrons. The highest BCUT2D eigenvalue weighted by molar-refractivity contribution is 9.10. The van der Waals surface area contributed by atoms with Crippen molar-refractivity contribution in [3.63, 3.8) is 0 Å². The first-order valence-corrected chi connectivity index (χ1v) is 9.40. The molecule has 4 rings (SSSR count). The summed E-state index contributed by atoms with van der Waals surface area (Å²) in [6, 6.07) is 9.65. The van der Waals surface area contributed by atoms with Gasteiger partial charge in [-0.1, -0.05) is 28.1 Å². The second-order valence-corrected chi connectivity index (χ2v) is 7.52. The number of nitrogens with zero attached hydrogens (tertiary/aromatic N) is 3. The minimum atomic E-state index is -4.38. The van der Waals surface area contributed by atoms with Gasteiger partial charge >= 0.3 is 6.18 Å². The fraction of sp³-hybridized carbons (Fsp3) is 0.200. The Balaban J connectivity index is 1.81. The van der Waals surface area contributed by atoms with Gasteiger partial charge in [-0.2, -0.15) is 18.2 Å². The van der Waals surface area contributed by atoms with Crippen LogP contribution in [0.25, 0.3) is 16.7 Å². The molecule has 4 nitrogen and oxygen atoms in total. The first kappa shape index (κ1) is 18.7. The predicted octanol–water partition coefficient (Wildman–Crippen LogP) is 6.15. The van der Waals surface area contributed by atoms with E-state index in [0.717, 1.165) is 21.4 Å². The second-order valence-electron chi connectivity index (χ2n) is 6.60. The van der Waals surface area contributed by atoms with Crippen LogP contribution in [0, 0.1) is 6.92 Å². The van der Waals surface area contributed by atoms with Crippen LogP contribution >= 0.6 is 15.9 Å². The van der Waals surface area contributed by atoms with Crippen molar-refractivity contribution in [2.75, 3.05) is 5.32 Å². The molecule has 2 aromatic heterocycles. The summed E-state index contributed by atoms with van der Waals surface area (Å²) in [4.78, 5) is 8.82. The average Bonchev–Trinajstić information content (AvgIpc) is 3.09. The van der Waals surface area contributed by atoms with Crippen LogP contribution in [-0.2, 0) is 6.18 Å². The molecule has 0 aliphatic heterocycles. The van der Waals surface area contributed by atoms with Gasteiger partial charge in [0.05, 0.1) is 17.1 Å². The van der Waals surface area contributed by atoms with Crippen molar-refractivity contribution in [1.82, 2.24) is 14.4 Å². The molecule has 0 spiro atoms. The zero-order valence-electron chi connectivity index (χ0n) is 15.0. The number of rotatable bonds is 3. The van der Waals surface area contributed by atoms with Gasteiger partial charge < -0.3 is 5.32 Å². The Labute approximate surface area is 167 Å². The van der Waals surface area contributed by atoms with Crippen LogP contribution in [0.15, 0.2) is 53.3 Å². The van der Waals surface area contributed by atoms with Crippen molar-refractivity contribution in [3.05, 3.63) is 70.0 Å². The summed E-state index contributed by atoms with van der Waals surface area (Å²) in [5.74, 6) is 1.09. The van der Waals surface area contributed by atoms with E-state index in [2.05, 4.69) is 31.2 Å². The number of aromatic nitrogens is 3. The van der Waals surface area contributed by atoms with Crippen LogP contribution in [0.2, 0.25) is 0 Å². The van der Waals surface area contributed by atoms with Gasteiger partial charge in [-0.15, -0.1) is 0 Å². The van der Waals surface area contributed by atoms with Crippen molar-refractivity contribution in [2.24, 2.45) is 0 Å². The molecule has 8 heteroatoms. The van der Waals surface area contributed by atoms with E-state index < -0.39 is 11.7 Å². The van der Waals surface area contributed by atoms with E-state index in [4.69, 9.17) is 0 Å². The highest BCUT2D eigenvalue weighted by Gasteiger charge is 2.33. The van der Waals surface area contributed by atoms with Crippen LogP contribution in [0.5, 0.6) is 0 Å². The van der Waals surface area contributed by atoms with Gasteiger partial charge in [-0.3, -0.25) is 4.40 Å². The molecule has 0 aliphatic carbocycles. The molecular weight excluding hydrogens is 433 g/mol. The average molecular weight is 449 g/mol. The zero-order chi connectivity index (χ0) is 20.1. The Kier molecular flexibility index (Phi) is 4.53. The molecule has 0 saturated carbocycles. The maximum Gasteiger partial charge on any atom is 0.416 e. The summed E-state index contributed by atoms with van der Waals surface area (Å²) in [6.45, 7) is 3.32. The zero-order valence-corrected chi connectivity index (χ0v) is 16.6. The standard InChI is InChI=1S/C20H16BrF3N4/c1-11-14(4-3-5-16(11)20(22,23)24)12(2)26-18-15-10-13(21)6-7-17(15)28-9-8-25-19(28)27-18/h3-10,12H,1-2H3,(H,25,26,27). The molecule has 0 amide bonds. The number of hydrogen-bond donors (Lipinski definition) is 1. The molecule has 2 aromatic carbocycles. The molecule has 1 atom stereocenters. The van der Waals surface area contributed by atoms with Gasteiger partial charge in [0.2, 0.25) is 5.78 Å². The largest absolute Gasteiger partial charge is 0.416 e. The van der Waals surface area contributed by atoms with E-state index in [9.17, 15) is 13.2 Å². The fourth-order valence-electron chi connectivity index (χ4n) is 3.46. The van der Waals surface area contributed by atoms with Crippen LogP contribution in [0.4, 0.5) is 19.0 Å². The lowest BCUT2D eigenvalue weighted by molar-refractivity contribution is -0.138. The quantitative estimate of drug-likeness (QED) is 0.408. The molecule has 1 unspecified atom stereocenters. The van der Waals surface area contributed by atoms with Crippen molar-refractivity contribution in [1.29, 1.82) is 0 Å². The van der Waals surface area contributed by atoms with Gasteiger partial charge in [0, 0.05) is 22.3 Å². The number of nitrogens with one attached hydrogen (secondary N) is 1. The third kappa shape index (κ3) is 3.22. The minimum absolute atomic E-state index is 0.211. The molecule has 4 aromatic rings. The fourth-order valence-corrected chi connectivity index (χ4v) is 3.82. The lowest BCUT2D eigenvalue weighted by Crippen LogP contribution is -2.14. The Morgan fingerprint density at radius 3 is 2.71 bits per heavy atom. The first-order chi connectivity index (χ1) is 13.3. The summed E-state index contributed by atoms with van der Waals surface area (Å²) in [5.41, 5.74) is 1.06. The van der Waals surface area contributed by atoms with Crippen LogP contribution < -0.4 is 5.32 Å². The summed E-state index contributed by atoms with van der Waals surface area (Å²) in [6.07, 6.45) is -0.902. The maximum absolute atomic E-state index is 13.3. The molecule has 1 N–H and O–H groups in total. The number of hydrogen-bond acceptors (Lipinski definition) is 3. The Morgan fingerprint density at radius 1 is 1.18 bits per heavy atom. The van der Waals surface area contributed by atoms with Crippen molar-refractivity contribution < 1.29 is 13.2 Å². The van der Waals surface area contributed by atoms with E-state index >= 15 is 0 Å². The Hall–Kier alpha value is -2.61. The third-order valence-electron chi connectivity index (χ3n) is 4.81. The van der Waals surface area contributed by atoms with E-state index in [-0.39, 0.29) is 11.6 Å². The summed E-state index contributed by atoms with van der Waals surface area (Å²) in [5, 5.41) is 4.12. The summed E-state index contributed by atoms with van der Waals surface area (Å²) < 4.78 is 42.5. The van der Waals surface area contributed by atoms with Crippen LogP contribution in [0.1, 0.15) is 29.7 Å².